The van der Waals surface area contributed by atoms with Crippen molar-refractivity contribution in [1.82, 2.24) is 4.90 Å². The molecule has 1 aliphatic rings. The highest BCUT2D eigenvalue weighted by Gasteiger charge is 2.20. The third-order valence-electron chi connectivity index (χ3n) is 3.35. The van der Waals surface area contributed by atoms with E-state index in [9.17, 15) is 13.9 Å². The van der Waals surface area contributed by atoms with Crippen LogP contribution in [0.25, 0.3) is 0 Å². The van der Waals surface area contributed by atoms with Crippen molar-refractivity contribution in [2.45, 2.75) is 13.5 Å². The first-order valence-corrected chi connectivity index (χ1v) is 6.36. The molecule has 0 aliphatic carbocycles. The van der Waals surface area contributed by atoms with E-state index >= 15 is 0 Å². The maximum Gasteiger partial charge on any atom is 0.387 e. The minimum atomic E-state index is -2.93. The topological polar surface area (TPSA) is 35.9 Å². The molecule has 0 radical (unpaired) electrons. The Hall–Kier alpha value is -1.56. The summed E-state index contributed by atoms with van der Waals surface area (Å²) in [5.74, 6) is -0.391. The second-order valence-corrected chi connectivity index (χ2v) is 4.42. The highest BCUT2D eigenvalue weighted by molar-refractivity contribution is 5.64. The van der Waals surface area contributed by atoms with Crippen LogP contribution >= 0.6 is 0 Å². The van der Waals surface area contributed by atoms with Gasteiger partial charge in [0.15, 0.2) is 11.5 Å². The van der Waals surface area contributed by atoms with E-state index in [4.69, 9.17) is 0 Å². The Morgan fingerprint density at radius 3 is 2.53 bits per heavy atom. The number of para-hydroxylation sites is 1. The van der Waals surface area contributed by atoms with Crippen LogP contribution in [0.2, 0.25) is 0 Å². The molecule has 1 fully saturated rings. The van der Waals surface area contributed by atoms with Crippen molar-refractivity contribution < 1.29 is 18.6 Å². The van der Waals surface area contributed by atoms with Crippen molar-refractivity contribution in [3.63, 3.8) is 0 Å². The second kappa shape index (κ2) is 6.06. The minimum absolute atomic E-state index is 0.176. The van der Waals surface area contributed by atoms with E-state index in [2.05, 4.69) is 16.6 Å². The van der Waals surface area contributed by atoms with Crippen molar-refractivity contribution in [3.05, 3.63) is 18.2 Å². The minimum Gasteiger partial charge on any atom is -0.503 e. The second-order valence-electron chi connectivity index (χ2n) is 4.42. The fourth-order valence-corrected chi connectivity index (χ4v) is 2.26. The molecule has 1 aliphatic heterocycles. The molecule has 2 rings (SSSR count). The molecule has 1 N–H and O–H groups in total. The van der Waals surface area contributed by atoms with Crippen LogP contribution in [0.4, 0.5) is 14.5 Å². The zero-order chi connectivity index (χ0) is 13.8. The molecular formula is C13H18F2N2O2. The molecule has 1 saturated heterocycles. The predicted molar refractivity (Wildman–Crippen MR) is 69.1 cm³/mol. The van der Waals surface area contributed by atoms with Crippen LogP contribution in [0.15, 0.2) is 18.2 Å². The lowest BCUT2D eigenvalue weighted by molar-refractivity contribution is -0.0512. The first-order chi connectivity index (χ1) is 9.11. The number of likely N-dealkylation sites (N-methyl/N-ethyl adjacent to an activating group) is 1. The molecule has 106 valence electrons. The molecule has 0 atom stereocenters. The lowest BCUT2D eigenvalue weighted by Crippen LogP contribution is -2.46. The van der Waals surface area contributed by atoms with Gasteiger partial charge in [-0.05, 0) is 18.7 Å². The third-order valence-corrected chi connectivity index (χ3v) is 3.35. The molecule has 0 aromatic heterocycles. The lowest BCUT2D eigenvalue weighted by Gasteiger charge is -2.35. The van der Waals surface area contributed by atoms with Crippen molar-refractivity contribution in [2.75, 3.05) is 37.6 Å². The fraction of sp³-hybridized carbons (Fsp3) is 0.538. The van der Waals surface area contributed by atoms with E-state index in [-0.39, 0.29) is 11.5 Å². The molecule has 1 aromatic carbocycles. The van der Waals surface area contributed by atoms with Gasteiger partial charge in [0.25, 0.3) is 0 Å². The van der Waals surface area contributed by atoms with Crippen LogP contribution in [-0.4, -0.2) is 49.3 Å². The van der Waals surface area contributed by atoms with E-state index in [1.165, 1.54) is 6.07 Å². The summed E-state index contributed by atoms with van der Waals surface area (Å²) < 4.78 is 28.7. The Morgan fingerprint density at radius 2 is 1.95 bits per heavy atom. The number of alkyl halides is 2. The van der Waals surface area contributed by atoms with Gasteiger partial charge < -0.3 is 19.6 Å². The maximum absolute atomic E-state index is 12.2. The van der Waals surface area contributed by atoms with Gasteiger partial charge in [-0.15, -0.1) is 0 Å². The molecule has 4 nitrogen and oxygen atoms in total. The molecule has 1 aromatic rings. The average molecular weight is 272 g/mol. The molecular weight excluding hydrogens is 254 g/mol. The number of hydrogen-bond acceptors (Lipinski definition) is 4. The van der Waals surface area contributed by atoms with Gasteiger partial charge in [-0.3, -0.25) is 0 Å². The average Bonchev–Trinajstić information content (AvgIpc) is 2.41. The van der Waals surface area contributed by atoms with Gasteiger partial charge in [0.05, 0.1) is 5.69 Å². The number of rotatable bonds is 4. The summed E-state index contributed by atoms with van der Waals surface area (Å²) in [6, 6.07) is 4.67. The van der Waals surface area contributed by atoms with Gasteiger partial charge in [0.2, 0.25) is 0 Å². The summed E-state index contributed by atoms with van der Waals surface area (Å²) in [4.78, 5) is 4.28. The van der Waals surface area contributed by atoms with Crippen LogP contribution in [0.1, 0.15) is 6.92 Å². The Bertz CT molecular complexity index is 421. The maximum atomic E-state index is 12.2. The van der Waals surface area contributed by atoms with E-state index in [1.54, 1.807) is 12.1 Å². The normalized spacial score (nSPS) is 16.9. The zero-order valence-corrected chi connectivity index (χ0v) is 10.9. The summed E-state index contributed by atoms with van der Waals surface area (Å²) >= 11 is 0. The number of phenols is 1. The number of benzene rings is 1. The lowest BCUT2D eigenvalue weighted by atomic mass is 10.2. The molecule has 0 bridgehead atoms. The summed E-state index contributed by atoms with van der Waals surface area (Å²) in [6.45, 7) is 3.49. The van der Waals surface area contributed by atoms with Crippen LogP contribution < -0.4 is 9.64 Å². The number of piperazine rings is 1. The number of aromatic hydroxyl groups is 1. The van der Waals surface area contributed by atoms with Crippen LogP contribution in [0.3, 0.4) is 0 Å². The summed E-state index contributed by atoms with van der Waals surface area (Å²) in [5, 5.41) is 10.00. The Labute approximate surface area is 111 Å². The van der Waals surface area contributed by atoms with E-state index in [1.807, 2.05) is 4.90 Å². The number of anilines is 1. The highest BCUT2D eigenvalue weighted by Crippen LogP contribution is 2.37. The molecule has 0 saturated carbocycles. The zero-order valence-electron chi connectivity index (χ0n) is 10.9. The largest absolute Gasteiger partial charge is 0.503 e. The first kappa shape index (κ1) is 13.9. The van der Waals surface area contributed by atoms with Gasteiger partial charge in [0.1, 0.15) is 0 Å². The van der Waals surface area contributed by atoms with E-state index in [0.717, 1.165) is 32.7 Å². The summed E-state index contributed by atoms with van der Waals surface area (Å²) in [6.07, 6.45) is 0. The Balaban J connectivity index is 2.12. The van der Waals surface area contributed by atoms with Gasteiger partial charge in [-0.25, -0.2) is 0 Å². The summed E-state index contributed by atoms with van der Waals surface area (Å²) in [7, 11) is 0. The monoisotopic (exact) mass is 272 g/mol. The van der Waals surface area contributed by atoms with Crippen molar-refractivity contribution in [3.8, 4) is 11.5 Å². The highest BCUT2D eigenvalue weighted by atomic mass is 19.3. The standard InChI is InChI=1S/C13H18F2N2O2/c1-2-16-6-8-17(9-7-16)10-4-3-5-11(12(10)18)19-13(14)15/h3-5,13,18H,2,6-9H2,1H3. The third kappa shape index (κ3) is 3.26. The smallest absolute Gasteiger partial charge is 0.387 e. The molecule has 0 unspecified atom stereocenters. The van der Waals surface area contributed by atoms with E-state index in [0.29, 0.717) is 5.69 Å². The Morgan fingerprint density at radius 1 is 1.26 bits per heavy atom. The fourth-order valence-electron chi connectivity index (χ4n) is 2.26. The molecule has 6 heteroatoms. The van der Waals surface area contributed by atoms with Crippen LogP contribution in [0.5, 0.6) is 11.5 Å². The van der Waals surface area contributed by atoms with Gasteiger partial charge in [-0.2, -0.15) is 8.78 Å². The van der Waals surface area contributed by atoms with Crippen molar-refractivity contribution >= 4 is 5.69 Å². The molecule has 0 amide bonds. The van der Waals surface area contributed by atoms with Crippen molar-refractivity contribution in [2.24, 2.45) is 0 Å². The van der Waals surface area contributed by atoms with Gasteiger partial charge in [0, 0.05) is 26.2 Å². The molecule has 1 heterocycles. The molecule has 19 heavy (non-hydrogen) atoms. The molecule has 0 spiro atoms. The van der Waals surface area contributed by atoms with E-state index < -0.39 is 6.61 Å². The number of halogens is 2. The van der Waals surface area contributed by atoms with Crippen LogP contribution in [-0.2, 0) is 0 Å². The Kier molecular flexibility index (Phi) is 4.42. The van der Waals surface area contributed by atoms with Crippen LogP contribution in [0, 0.1) is 0 Å². The van der Waals surface area contributed by atoms with Gasteiger partial charge >= 0.3 is 6.61 Å². The first-order valence-electron chi connectivity index (χ1n) is 6.36. The number of ether oxygens (including phenoxy) is 1. The number of phenolic OH excluding ortho intramolecular Hbond substituents is 1. The van der Waals surface area contributed by atoms with Gasteiger partial charge in [-0.1, -0.05) is 13.0 Å². The SMILES string of the molecule is CCN1CCN(c2cccc(OC(F)F)c2O)CC1. The number of hydrogen-bond donors (Lipinski definition) is 1. The number of nitrogens with zero attached hydrogens (tertiary/aromatic N) is 2. The summed E-state index contributed by atoms with van der Waals surface area (Å²) in [5.41, 5.74) is 0.550. The predicted octanol–water partition coefficient (Wildman–Crippen LogP) is 2.14. The quantitative estimate of drug-likeness (QED) is 0.911. The van der Waals surface area contributed by atoms with Crippen molar-refractivity contribution in [1.29, 1.82) is 0 Å².